The summed E-state index contributed by atoms with van der Waals surface area (Å²) in [5.74, 6) is -0.144. The molecular formula is C12H15N5OS. The number of nitrogens with one attached hydrogen (secondary N) is 1. The Labute approximate surface area is 115 Å². The Kier molecular flexibility index (Phi) is 4.53. The van der Waals surface area contributed by atoms with E-state index in [1.54, 1.807) is 18.0 Å². The molecule has 1 aromatic carbocycles. The normalized spacial score (nSPS) is 10.4. The standard InChI is InChI=1S/C12H15N5OS/c1-19-11-5-3-2-4-10(11)14-12(18)8-17-7-9(6-13)15-16-17/h2-5,7H,6,8,13H2,1H3,(H,14,18). The summed E-state index contributed by atoms with van der Waals surface area (Å²) in [6.45, 7) is 0.437. The molecule has 2 rings (SSSR count). The Balaban J connectivity index is 2.01. The third kappa shape index (κ3) is 3.55. The monoisotopic (exact) mass is 277 g/mol. The first-order chi connectivity index (χ1) is 9.22. The Hall–Kier alpha value is -1.86. The van der Waals surface area contributed by atoms with Crippen LogP contribution in [-0.2, 0) is 17.9 Å². The number of nitrogens with two attached hydrogens (primary N) is 1. The van der Waals surface area contributed by atoms with Gasteiger partial charge in [-0.1, -0.05) is 17.3 Å². The summed E-state index contributed by atoms with van der Waals surface area (Å²) in [7, 11) is 0. The number of amides is 1. The first-order valence-electron chi connectivity index (χ1n) is 5.75. The summed E-state index contributed by atoms with van der Waals surface area (Å²) in [6.07, 6.45) is 3.63. The highest BCUT2D eigenvalue weighted by Gasteiger charge is 2.08. The van der Waals surface area contributed by atoms with E-state index in [-0.39, 0.29) is 12.5 Å². The fourth-order valence-corrected chi connectivity index (χ4v) is 2.15. The molecule has 0 saturated carbocycles. The van der Waals surface area contributed by atoms with Gasteiger partial charge in [0.1, 0.15) is 6.54 Å². The molecular weight excluding hydrogens is 262 g/mol. The van der Waals surface area contributed by atoms with Crippen LogP contribution < -0.4 is 11.1 Å². The maximum absolute atomic E-state index is 11.9. The fraction of sp³-hybridized carbons (Fsp3) is 0.250. The zero-order chi connectivity index (χ0) is 13.7. The molecule has 0 atom stereocenters. The Morgan fingerprint density at radius 2 is 2.26 bits per heavy atom. The van der Waals surface area contributed by atoms with Gasteiger partial charge in [-0.05, 0) is 18.4 Å². The number of thioether (sulfide) groups is 1. The predicted molar refractivity (Wildman–Crippen MR) is 74.8 cm³/mol. The number of aromatic nitrogens is 3. The van der Waals surface area contributed by atoms with E-state index in [0.29, 0.717) is 12.2 Å². The van der Waals surface area contributed by atoms with Crippen molar-refractivity contribution in [2.45, 2.75) is 18.0 Å². The molecule has 100 valence electrons. The van der Waals surface area contributed by atoms with Crippen LogP contribution in [0.1, 0.15) is 5.69 Å². The fourth-order valence-electron chi connectivity index (χ4n) is 1.59. The van der Waals surface area contributed by atoms with Gasteiger partial charge in [0.05, 0.1) is 17.6 Å². The van der Waals surface area contributed by atoms with Crippen molar-refractivity contribution in [3.05, 3.63) is 36.2 Å². The second-order valence-electron chi connectivity index (χ2n) is 3.86. The van der Waals surface area contributed by atoms with Crippen molar-refractivity contribution in [2.75, 3.05) is 11.6 Å². The van der Waals surface area contributed by atoms with Gasteiger partial charge in [-0.2, -0.15) is 0 Å². The third-order valence-corrected chi connectivity index (χ3v) is 3.28. The second kappa shape index (κ2) is 6.35. The van der Waals surface area contributed by atoms with Crippen molar-refractivity contribution in [3.8, 4) is 0 Å². The van der Waals surface area contributed by atoms with Crippen molar-refractivity contribution in [1.82, 2.24) is 15.0 Å². The molecule has 1 aromatic heterocycles. The van der Waals surface area contributed by atoms with E-state index in [2.05, 4.69) is 15.6 Å². The molecule has 0 bridgehead atoms. The molecule has 0 unspecified atom stereocenters. The number of carbonyl (C=O) groups excluding carboxylic acids is 1. The van der Waals surface area contributed by atoms with Crippen molar-refractivity contribution >= 4 is 23.4 Å². The van der Waals surface area contributed by atoms with Crippen LogP contribution >= 0.6 is 11.8 Å². The number of nitrogens with zero attached hydrogens (tertiary/aromatic N) is 3. The van der Waals surface area contributed by atoms with Crippen molar-refractivity contribution < 1.29 is 4.79 Å². The van der Waals surface area contributed by atoms with Gasteiger partial charge in [-0.25, -0.2) is 4.68 Å². The number of hydrogen-bond acceptors (Lipinski definition) is 5. The predicted octanol–water partition coefficient (Wildman–Crippen LogP) is 1.10. The minimum Gasteiger partial charge on any atom is -0.325 e. The third-order valence-electron chi connectivity index (χ3n) is 2.48. The average molecular weight is 277 g/mol. The number of benzene rings is 1. The van der Waals surface area contributed by atoms with Crippen LogP contribution in [0.5, 0.6) is 0 Å². The zero-order valence-electron chi connectivity index (χ0n) is 10.5. The lowest BCUT2D eigenvalue weighted by Crippen LogP contribution is -2.19. The molecule has 0 aliphatic rings. The molecule has 1 amide bonds. The molecule has 2 aromatic rings. The lowest BCUT2D eigenvalue weighted by atomic mass is 10.3. The molecule has 0 saturated heterocycles. The largest absolute Gasteiger partial charge is 0.325 e. The number of para-hydroxylation sites is 1. The maximum Gasteiger partial charge on any atom is 0.246 e. The number of anilines is 1. The summed E-state index contributed by atoms with van der Waals surface area (Å²) in [4.78, 5) is 12.9. The van der Waals surface area contributed by atoms with Crippen LogP contribution in [0, 0.1) is 0 Å². The van der Waals surface area contributed by atoms with Crippen LogP contribution in [0.15, 0.2) is 35.4 Å². The Morgan fingerprint density at radius 1 is 1.47 bits per heavy atom. The van der Waals surface area contributed by atoms with Crippen molar-refractivity contribution in [3.63, 3.8) is 0 Å². The summed E-state index contributed by atoms with van der Waals surface area (Å²) < 4.78 is 1.47. The average Bonchev–Trinajstić information content (AvgIpc) is 2.87. The number of carbonyl (C=O) groups is 1. The van der Waals surface area contributed by atoms with Crippen LogP contribution in [0.3, 0.4) is 0 Å². The van der Waals surface area contributed by atoms with Gasteiger partial charge in [0.15, 0.2) is 0 Å². The smallest absolute Gasteiger partial charge is 0.246 e. The Morgan fingerprint density at radius 3 is 2.95 bits per heavy atom. The highest BCUT2D eigenvalue weighted by atomic mass is 32.2. The maximum atomic E-state index is 11.9. The molecule has 0 fully saturated rings. The second-order valence-corrected chi connectivity index (χ2v) is 4.71. The van der Waals surface area contributed by atoms with Gasteiger partial charge in [0, 0.05) is 11.4 Å². The van der Waals surface area contributed by atoms with E-state index in [1.807, 2.05) is 30.5 Å². The molecule has 19 heavy (non-hydrogen) atoms. The minimum atomic E-state index is -0.144. The van der Waals surface area contributed by atoms with Crippen LogP contribution in [0.25, 0.3) is 0 Å². The van der Waals surface area contributed by atoms with Gasteiger partial charge in [-0.3, -0.25) is 4.79 Å². The lowest BCUT2D eigenvalue weighted by molar-refractivity contribution is -0.116. The van der Waals surface area contributed by atoms with Crippen LogP contribution in [0.4, 0.5) is 5.69 Å². The molecule has 3 N–H and O–H groups in total. The molecule has 0 spiro atoms. The van der Waals surface area contributed by atoms with Gasteiger partial charge >= 0.3 is 0 Å². The molecule has 0 radical (unpaired) electrons. The van der Waals surface area contributed by atoms with E-state index >= 15 is 0 Å². The quantitative estimate of drug-likeness (QED) is 0.799. The lowest BCUT2D eigenvalue weighted by Gasteiger charge is -2.08. The number of hydrogen-bond donors (Lipinski definition) is 2. The van der Waals surface area contributed by atoms with Gasteiger partial charge < -0.3 is 11.1 Å². The summed E-state index contributed by atoms with van der Waals surface area (Å²) in [5.41, 5.74) is 6.91. The first kappa shape index (κ1) is 13.6. The van der Waals surface area contributed by atoms with Crippen molar-refractivity contribution in [2.24, 2.45) is 5.73 Å². The SMILES string of the molecule is CSc1ccccc1NC(=O)Cn1cc(CN)nn1. The topological polar surface area (TPSA) is 85.8 Å². The van der Waals surface area contributed by atoms with E-state index in [1.165, 1.54) is 4.68 Å². The Bertz CT molecular complexity index is 569. The molecule has 0 aliphatic carbocycles. The van der Waals surface area contributed by atoms with E-state index in [9.17, 15) is 4.79 Å². The molecule has 0 aliphatic heterocycles. The molecule has 1 heterocycles. The summed E-state index contributed by atoms with van der Waals surface area (Å²) in [6, 6.07) is 7.66. The molecule has 7 heteroatoms. The van der Waals surface area contributed by atoms with Crippen molar-refractivity contribution in [1.29, 1.82) is 0 Å². The van der Waals surface area contributed by atoms with Gasteiger partial charge in [0.2, 0.25) is 5.91 Å². The van der Waals surface area contributed by atoms with Gasteiger partial charge in [0.25, 0.3) is 0 Å². The van der Waals surface area contributed by atoms with E-state index < -0.39 is 0 Å². The minimum absolute atomic E-state index is 0.121. The highest BCUT2D eigenvalue weighted by Crippen LogP contribution is 2.24. The highest BCUT2D eigenvalue weighted by molar-refractivity contribution is 7.98. The first-order valence-corrected chi connectivity index (χ1v) is 6.97. The summed E-state index contributed by atoms with van der Waals surface area (Å²) >= 11 is 1.59. The molecule has 6 nitrogen and oxygen atoms in total. The van der Waals surface area contributed by atoms with Crippen LogP contribution in [-0.4, -0.2) is 27.2 Å². The number of rotatable bonds is 5. The van der Waals surface area contributed by atoms with E-state index in [0.717, 1.165) is 10.6 Å². The summed E-state index contributed by atoms with van der Waals surface area (Å²) in [5, 5.41) is 10.5. The van der Waals surface area contributed by atoms with Gasteiger partial charge in [-0.15, -0.1) is 16.9 Å². The van der Waals surface area contributed by atoms with E-state index in [4.69, 9.17) is 5.73 Å². The zero-order valence-corrected chi connectivity index (χ0v) is 11.4. The van der Waals surface area contributed by atoms with Crippen LogP contribution in [0.2, 0.25) is 0 Å².